The second-order valence-electron chi connectivity index (χ2n) is 4.73. The van der Waals surface area contributed by atoms with Crippen LogP contribution in [-0.4, -0.2) is 28.4 Å². The molecule has 3 nitrogen and oxygen atoms in total. The molecule has 0 saturated heterocycles. The van der Waals surface area contributed by atoms with Crippen molar-refractivity contribution in [2.24, 2.45) is 0 Å². The van der Waals surface area contributed by atoms with Crippen LogP contribution in [0.2, 0.25) is 0 Å². The fourth-order valence-electron chi connectivity index (χ4n) is 2.33. The first kappa shape index (κ1) is 11.1. The lowest BCUT2D eigenvalue weighted by atomic mass is 10.1. The topological polar surface area (TPSA) is 36.1 Å². The summed E-state index contributed by atoms with van der Waals surface area (Å²) in [6.45, 7) is 4.36. The number of aromatic nitrogens is 1. The number of nitrogens with zero attached hydrogens (tertiary/aromatic N) is 1. The minimum absolute atomic E-state index is 0.106. The molecule has 1 aliphatic carbocycles. The zero-order valence-corrected chi connectivity index (χ0v) is 10.2. The Hall–Kier alpha value is -2.03. The molecule has 1 heterocycles. The Morgan fingerprint density at radius 2 is 2.22 bits per heavy atom. The molecule has 92 valence electrons. The Morgan fingerprint density at radius 1 is 1.44 bits per heavy atom. The second kappa shape index (κ2) is 4.33. The monoisotopic (exact) mass is 240 g/mol. The number of hydrogen-bond donors (Lipinski definition) is 1. The lowest BCUT2D eigenvalue weighted by Crippen LogP contribution is -2.33. The van der Waals surface area contributed by atoms with Crippen molar-refractivity contribution < 1.29 is 4.79 Å². The van der Waals surface area contributed by atoms with Gasteiger partial charge < -0.3 is 9.88 Å². The molecule has 1 aliphatic rings. The van der Waals surface area contributed by atoms with Crippen molar-refractivity contribution in [2.45, 2.75) is 18.9 Å². The molecule has 18 heavy (non-hydrogen) atoms. The zero-order chi connectivity index (χ0) is 12.5. The number of rotatable bonds is 4. The molecule has 1 saturated carbocycles. The smallest absolute Gasteiger partial charge is 0.256 e. The maximum Gasteiger partial charge on any atom is 0.256 e. The van der Waals surface area contributed by atoms with Crippen LogP contribution in [0, 0.1) is 0 Å². The summed E-state index contributed by atoms with van der Waals surface area (Å²) in [5, 5.41) is 0.997. The van der Waals surface area contributed by atoms with Gasteiger partial charge in [0.05, 0.1) is 5.56 Å². The van der Waals surface area contributed by atoms with Crippen molar-refractivity contribution in [3.63, 3.8) is 0 Å². The van der Waals surface area contributed by atoms with Crippen molar-refractivity contribution in [1.82, 2.24) is 9.88 Å². The van der Waals surface area contributed by atoms with E-state index in [0.29, 0.717) is 12.6 Å². The Labute approximate surface area is 106 Å². The van der Waals surface area contributed by atoms with E-state index in [4.69, 9.17) is 0 Å². The van der Waals surface area contributed by atoms with Crippen LogP contribution >= 0.6 is 0 Å². The third kappa shape index (κ3) is 1.82. The molecule has 3 heteroatoms. The molecular weight excluding hydrogens is 224 g/mol. The molecule has 0 aliphatic heterocycles. The Bertz CT molecular complexity index is 595. The van der Waals surface area contributed by atoms with Crippen LogP contribution in [0.3, 0.4) is 0 Å². The highest BCUT2D eigenvalue weighted by Gasteiger charge is 2.32. The van der Waals surface area contributed by atoms with Crippen LogP contribution in [0.15, 0.2) is 43.1 Å². The summed E-state index contributed by atoms with van der Waals surface area (Å²) in [4.78, 5) is 17.6. The van der Waals surface area contributed by atoms with Crippen LogP contribution in [0.1, 0.15) is 23.2 Å². The van der Waals surface area contributed by atoms with Crippen molar-refractivity contribution in [3.05, 3.63) is 48.7 Å². The predicted molar refractivity (Wildman–Crippen MR) is 72.6 cm³/mol. The lowest BCUT2D eigenvalue weighted by Gasteiger charge is -2.20. The van der Waals surface area contributed by atoms with Crippen LogP contribution < -0.4 is 0 Å². The highest BCUT2D eigenvalue weighted by atomic mass is 16.2. The number of aromatic amines is 1. The first-order valence-corrected chi connectivity index (χ1v) is 6.29. The van der Waals surface area contributed by atoms with E-state index in [2.05, 4.69) is 11.6 Å². The van der Waals surface area contributed by atoms with Crippen molar-refractivity contribution in [3.8, 4) is 0 Å². The van der Waals surface area contributed by atoms with Gasteiger partial charge in [0.2, 0.25) is 0 Å². The number of H-pyrrole nitrogens is 1. The Balaban J connectivity index is 1.97. The number of amides is 1. The first-order chi connectivity index (χ1) is 8.81. The molecule has 2 aromatic rings. The number of fused-ring (bicyclic) bond motifs is 1. The Kier molecular flexibility index (Phi) is 2.67. The van der Waals surface area contributed by atoms with Gasteiger partial charge in [-0.1, -0.05) is 24.3 Å². The minimum Gasteiger partial charge on any atom is -0.360 e. The highest BCUT2D eigenvalue weighted by molar-refractivity contribution is 6.06. The maximum atomic E-state index is 12.5. The average Bonchev–Trinajstić information content (AvgIpc) is 3.14. The van der Waals surface area contributed by atoms with Gasteiger partial charge in [0.1, 0.15) is 0 Å². The Morgan fingerprint density at radius 3 is 2.94 bits per heavy atom. The summed E-state index contributed by atoms with van der Waals surface area (Å²) in [6.07, 6.45) is 5.83. The van der Waals surface area contributed by atoms with E-state index < -0.39 is 0 Å². The summed E-state index contributed by atoms with van der Waals surface area (Å²) in [7, 11) is 0. The molecule has 0 radical (unpaired) electrons. The molecule has 1 aromatic carbocycles. The van der Waals surface area contributed by atoms with Gasteiger partial charge in [-0.25, -0.2) is 0 Å². The lowest BCUT2D eigenvalue weighted by molar-refractivity contribution is 0.0764. The fraction of sp³-hybridized carbons (Fsp3) is 0.267. The van der Waals surface area contributed by atoms with E-state index in [1.54, 1.807) is 6.08 Å². The van der Waals surface area contributed by atoms with E-state index in [9.17, 15) is 4.79 Å². The van der Waals surface area contributed by atoms with Gasteiger partial charge in [0, 0.05) is 29.7 Å². The van der Waals surface area contributed by atoms with Crippen LogP contribution in [0.4, 0.5) is 0 Å². The second-order valence-corrected chi connectivity index (χ2v) is 4.73. The van der Waals surface area contributed by atoms with E-state index >= 15 is 0 Å². The van der Waals surface area contributed by atoms with Gasteiger partial charge in [-0.3, -0.25) is 4.79 Å². The van der Waals surface area contributed by atoms with E-state index in [-0.39, 0.29) is 5.91 Å². The number of benzene rings is 1. The number of hydrogen-bond acceptors (Lipinski definition) is 1. The van der Waals surface area contributed by atoms with Gasteiger partial charge in [0.15, 0.2) is 0 Å². The molecule has 3 rings (SSSR count). The van der Waals surface area contributed by atoms with Gasteiger partial charge in [0.25, 0.3) is 5.91 Å². The van der Waals surface area contributed by atoms with Gasteiger partial charge in [-0.05, 0) is 18.9 Å². The third-order valence-electron chi connectivity index (χ3n) is 3.39. The van der Waals surface area contributed by atoms with Gasteiger partial charge in [-0.15, -0.1) is 6.58 Å². The molecule has 1 N–H and O–H groups in total. The SMILES string of the molecule is C=CCN(C(=O)c1c[nH]c2ccccc12)C1CC1. The van der Waals surface area contributed by atoms with Crippen LogP contribution in [0.5, 0.6) is 0 Å². The third-order valence-corrected chi connectivity index (χ3v) is 3.39. The minimum atomic E-state index is 0.106. The number of para-hydroxylation sites is 1. The number of carbonyl (C=O) groups is 1. The van der Waals surface area contributed by atoms with Gasteiger partial charge in [-0.2, -0.15) is 0 Å². The van der Waals surface area contributed by atoms with E-state index in [1.807, 2.05) is 35.4 Å². The molecule has 0 spiro atoms. The summed E-state index contributed by atoms with van der Waals surface area (Å²) in [5.41, 5.74) is 1.77. The summed E-state index contributed by atoms with van der Waals surface area (Å²) in [6, 6.07) is 8.31. The highest BCUT2D eigenvalue weighted by Crippen LogP contribution is 2.29. The predicted octanol–water partition coefficient (Wildman–Crippen LogP) is 2.96. The molecule has 0 atom stereocenters. The van der Waals surface area contributed by atoms with Crippen LogP contribution in [-0.2, 0) is 0 Å². The standard InChI is InChI=1S/C15H16N2O/c1-2-9-17(11-7-8-11)15(18)13-10-16-14-6-4-3-5-12(13)14/h2-6,10-11,16H,1,7-9H2. The summed E-state index contributed by atoms with van der Waals surface area (Å²) >= 11 is 0. The maximum absolute atomic E-state index is 12.5. The largest absolute Gasteiger partial charge is 0.360 e. The van der Waals surface area contributed by atoms with Crippen molar-refractivity contribution >= 4 is 16.8 Å². The van der Waals surface area contributed by atoms with E-state index in [0.717, 1.165) is 29.3 Å². The van der Waals surface area contributed by atoms with E-state index in [1.165, 1.54) is 0 Å². The van der Waals surface area contributed by atoms with Crippen molar-refractivity contribution in [1.29, 1.82) is 0 Å². The normalized spacial score (nSPS) is 14.7. The summed E-state index contributed by atoms with van der Waals surface area (Å²) in [5.74, 6) is 0.106. The molecule has 1 amide bonds. The molecule has 1 fully saturated rings. The molecule has 0 unspecified atom stereocenters. The quantitative estimate of drug-likeness (QED) is 0.819. The van der Waals surface area contributed by atoms with Crippen molar-refractivity contribution in [2.75, 3.05) is 6.54 Å². The average molecular weight is 240 g/mol. The molecule has 1 aromatic heterocycles. The van der Waals surface area contributed by atoms with Gasteiger partial charge >= 0.3 is 0 Å². The fourth-order valence-corrected chi connectivity index (χ4v) is 2.33. The summed E-state index contributed by atoms with van der Waals surface area (Å²) < 4.78 is 0. The van der Waals surface area contributed by atoms with Crippen LogP contribution in [0.25, 0.3) is 10.9 Å². The number of carbonyl (C=O) groups excluding carboxylic acids is 1. The zero-order valence-electron chi connectivity index (χ0n) is 10.2. The number of nitrogens with one attached hydrogen (secondary N) is 1. The first-order valence-electron chi connectivity index (χ1n) is 6.29. The molecular formula is C15H16N2O. The molecule has 0 bridgehead atoms.